The van der Waals surface area contributed by atoms with Crippen LogP contribution in [0.25, 0.3) is 0 Å². The summed E-state index contributed by atoms with van der Waals surface area (Å²) in [6.07, 6.45) is 0.816. The molecule has 0 radical (unpaired) electrons. The Kier molecular flexibility index (Phi) is 5.67. The molecular formula is C11H11I2NO2. The molecule has 1 aromatic rings. The van der Waals surface area contributed by atoms with Gasteiger partial charge >= 0.3 is 0 Å². The van der Waals surface area contributed by atoms with Gasteiger partial charge in [0.05, 0.1) is 4.05 Å². The van der Waals surface area contributed by atoms with Gasteiger partial charge in [0.2, 0.25) is 0 Å². The summed E-state index contributed by atoms with van der Waals surface area (Å²) < 4.78 is 0.797. The van der Waals surface area contributed by atoms with Gasteiger partial charge in [0.1, 0.15) is 6.29 Å². The van der Waals surface area contributed by atoms with Crippen LogP contribution in [0, 0.1) is 0 Å². The molecule has 86 valence electrons. The number of nitrogens with one attached hydrogen (secondary N) is 1. The third kappa shape index (κ3) is 3.69. The average Bonchev–Trinajstić information content (AvgIpc) is 2.27. The number of carbonyl (C=O) groups is 2. The molecule has 1 rings (SSSR count). The minimum Gasteiger partial charge on any atom is -0.341 e. The maximum Gasteiger partial charge on any atom is 0.252 e. The Labute approximate surface area is 122 Å². The molecule has 1 amide bonds. The molecule has 1 unspecified atom stereocenters. The van der Waals surface area contributed by atoms with E-state index in [1.54, 1.807) is 18.2 Å². The quantitative estimate of drug-likeness (QED) is 0.337. The number of aldehydes is 1. The first kappa shape index (κ1) is 13.9. The van der Waals surface area contributed by atoms with Crippen LogP contribution < -0.4 is 5.32 Å². The predicted molar refractivity (Wildman–Crippen MR) is 80.5 cm³/mol. The van der Waals surface area contributed by atoms with E-state index in [-0.39, 0.29) is 9.96 Å². The van der Waals surface area contributed by atoms with Crippen molar-refractivity contribution < 1.29 is 9.59 Å². The fourth-order valence-electron chi connectivity index (χ4n) is 1.24. The van der Waals surface area contributed by atoms with E-state index in [0.29, 0.717) is 15.6 Å². The second-order valence-corrected chi connectivity index (χ2v) is 5.89. The van der Waals surface area contributed by atoms with E-state index in [9.17, 15) is 9.59 Å². The van der Waals surface area contributed by atoms with Gasteiger partial charge in [-0.1, -0.05) is 51.2 Å². The van der Waals surface area contributed by atoms with Crippen LogP contribution in [0.15, 0.2) is 18.2 Å². The lowest BCUT2D eigenvalue weighted by Gasteiger charge is -2.08. The molecule has 0 spiro atoms. The first-order valence-corrected chi connectivity index (χ1v) is 7.44. The smallest absolute Gasteiger partial charge is 0.252 e. The molecule has 16 heavy (non-hydrogen) atoms. The van der Waals surface area contributed by atoms with E-state index in [1.165, 1.54) is 0 Å². The zero-order valence-corrected chi connectivity index (χ0v) is 13.0. The summed E-state index contributed by atoms with van der Waals surface area (Å²) in [4.78, 5) is 22.5. The topological polar surface area (TPSA) is 46.2 Å². The molecule has 0 bridgehead atoms. The van der Waals surface area contributed by atoms with Gasteiger partial charge in [0.15, 0.2) is 0 Å². The molecule has 0 fully saturated rings. The maximum atomic E-state index is 11.7. The van der Waals surface area contributed by atoms with Crippen LogP contribution in [0.4, 0.5) is 0 Å². The van der Waals surface area contributed by atoms with Gasteiger partial charge in [-0.15, -0.1) is 0 Å². The monoisotopic (exact) mass is 443 g/mol. The van der Waals surface area contributed by atoms with Crippen LogP contribution in [-0.4, -0.2) is 16.2 Å². The van der Waals surface area contributed by atoms with E-state index in [1.807, 2.05) is 6.92 Å². The number of rotatable bonds is 4. The lowest BCUT2D eigenvalue weighted by molar-refractivity contribution is 0.0953. The van der Waals surface area contributed by atoms with Crippen LogP contribution in [0.3, 0.4) is 0 Å². The Bertz CT molecular complexity index is 405. The van der Waals surface area contributed by atoms with Gasteiger partial charge in [-0.25, -0.2) is 0 Å². The molecule has 5 heteroatoms. The van der Waals surface area contributed by atoms with Crippen molar-refractivity contribution >= 4 is 57.4 Å². The summed E-state index contributed by atoms with van der Waals surface area (Å²) in [6.45, 7) is 1.90. The molecule has 1 N–H and O–H groups in total. The molecule has 1 atom stereocenters. The Morgan fingerprint density at radius 2 is 2.25 bits per heavy atom. The summed E-state index contributed by atoms with van der Waals surface area (Å²) in [7, 11) is 0. The second kappa shape index (κ2) is 6.53. The summed E-state index contributed by atoms with van der Waals surface area (Å²) in [6, 6.07) is 5.13. The van der Waals surface area contributed by atoms with E-state index in [2.05, 4.69) is 50.5 Å². The SMILES string of the molecule is CC(I)NC(=O)c1ccc(C=O)c(CI)c1. The van der Waals surface area contributed by atoms with Crippen molar-refractivity contribution in [3.05, 3.63) is 34.9 Å². The van der Waals surface area contributed by atoms with Crippen LogP contribution in [0.5, 0.6) is 0 Å². The summed E-state index contributed by atoms with van der Waals surface area (Å²) >= 11 is 4.30. The highest BCUT2D eigenvalue weighted by molar-refractivity contribution is 14.1. The molecule has 0 saturated heterocycles. The normalized spacial score (nSPS) is 11.9. The van der Waals surface area contributed by atoms with Gasteiger partial charge in [-0.2, -0.15) is 0 Å². The highest BCUT2D eigenvalue weighted by atomic mass is 127. The highest BCUT2D eigenvalue weighted by Crippen LogP contribution is 2.14. The third-order valence-electron chi connectivity index (χ3n) is 2.01. The van der Waals surface area contributed by atoms with Crippen LogP contribution in [-0.2, 0) is 4.43 Å². The Morgan fingerprint density at radius 1 is 1.56 bits per heavy atom. The fraction of sp³-hybridized carbons (Fsp3) is 0.273. The molecule has 0 aromatic heterocycles. The van der Waals surface area contributed by atoms with Crippen molar-refractivity contribution in [1.82, 2.24) is 5.32 Å². The van der Waals surface area contributed by atoms with Crippen LogP contribution in [0.2, 0.25) is 0 Å². The van der Waals surface area contributed by atoms with Gasteiger partial charge in [0, 0.05) is 15.6 Å². The Balaban J connectivity index is 2.98. The Morgan fingerprint density at radius 3 is 2.75 bits per heavy atom. The van der Waals surface area contributed by atoms with Gasteiger partial charge in [-0.3, -0.25) is 9.59 Å². The van der Waals surface area contributed by atoms with Crippen molar-refractivity contribution in [3.8, 4) is 0 Å². The van der Waals surface area contributed by atoms with E-state index >= 15 is 0 Å². The molecule has 0 aliphatic heterocycles. The number of benzene rings is 1. The van der Waals surface area contributed by atoms with Gasteiger partial charge < -0.3 is 5.32 Å². The summed E-state index contributed by atoms with van der Waals surface area (Å²) in [5.74, 6) is -0.106. The van der Waals surface area contributed by atoms with E-state index in [0.717, 1.165) is 11.8 Å². The van der Waals surface area contributed by atoms with Crippen LogP contribution >= 0.6 is 45.2 Å². The minimum atomic E-state index is -0.106. The van der Waals surface area contributed by atoms with Crippen molar-refractivity contribution in [2.75, 3.05) is 0 Å². The standard InChI is InChI=1S/C11H11I2NO2/c1-7(13)14-11(16)8-2-3-9(6-15)10(4-8)5-12/h2-4,6-7H,5H2,1H3,(H,14,16). The van der Waals surface area contributed by atoms with Crippen molar-refractivity contribution in [2.45, 2.75) is 15.4 Å². The first-order chi connectivity index (χ1) is 7.58. The predicted octanol–water partition coefficient (Wildman–Crippen LogP) is 2.94. The lowest BCUT2D eigenvalue weighted by Crippen LogP contribution is -2.28. The summed E-state index contributed by atoms with van der Waals surface area (Å²) in [5, 5.41) is 2.80. The highest BCUT2D eigenvalue weighted by Gasteiger charge is 2.09. The molecule has 0 aliphatic carbocycles. The fourth-order valence-corrected chi connectivity index (χ4v) is 2.19. The van der Waals surface area contributed by atoms with Crippen molar-refractivity contribution in [1.29, 1.82) is 0 Å². The lowest BCUT2D eigenvalue weighted by atomic mass is 10.1. The number of hydrogen-bond acceptors (Lipinski definition) is 2. The molecule has 0 aliphatic rings. The molecule has 3 nitrogen and oxygen atoms in total. The summed E-state index contributed by atoms with van der Waals surface area (Å²) in [5.41, 5.74) is 2.14. The second-order valence-electron chi connectivity index (χ2n) is 3.25. The maximum absolute atomic E-state index is 11.7. The number of halogens is 2. The third-order valence-corrected chi connectivity index (χ3v) is 3.14. The number of amides is 1. The van der Waals surface area contributed by atoms with E-state index in [4.69, 9.17) is 0 Å². The first-order valence-electron chi connectivity index (χ1n) is 4.67. The molecule has 1 aromatic carbocycles. The number of carbonyl (C=O) groups excluding carboxylic acids is 2. The van der Waals surface area contributed by atoms with Crippen molar-refractivity contribution in [2.24, 2.45) is 0 Å². The van der Waals surface area contributed by atoms with E-state index < -0.39 is 0 Å². The number of alkyl halides is 2. The number of hydrogen-bond donors (Lipinski definition) is 1. The average molecular weight is 443 g/mol. The molecule has 0 heterocycles. The van der Waals surface area contributed by atoms with Gasteiger partial charge in [-0.05, 0) is 24.6 Å². The zero-order valence-electron chi connectivity index (χ0n) is 8.67. The van der Waals surface area contributed by atoms with Crippen molar-refractivity contribution in [3.63, 3.8) is 0 Å². The minimum absolute atomic E-state index is 0.0823. The molecule has 0 saturated carbocycles. The van der Waals surface area contributed by atoms with Crippen LogP contribution in [0.1, 0.15) is 33.2 Å². The zero-order chi connectivity index (χ0) is 12.1. The Hall–Kier alpha value is -0.180. The largest absolute Gasteiger partial charge is 0.341 e. The molecular weight excluding hydrogens is 432 g/mol. The van der Waals surface area contributed by atoms with Gasteiger partial charge in [0.25, 0.3) is 5.91 Å².